The molecular weight excluding hydrogens is 412 g/mol. The van der Waals surface area contributed by atoms with Crippen LogP contribution in [0.15, 0.2) is 45.7 Å². The molecule has 1 fully saturated rings. The lowest BCUT2D eigenvalue weighted by atomic mass is 10.1. The molecule has 1 aliphatic heterocycles. The highest BCUT2D eigenvalue weighted by molar-refractivity contribution is 7.89. The first-order valence-electron chi connectivity index (χ1n) is 9.33. The first-order valence-corrected chi connectivity index (χ1v) is 10.8. The van der Waals surface area contributed by atoms with Crippen LogP contribution in [0.25, 0.3) is 21.9 Å². The van der Waals surface area contributed by atoms with E-state index in [1.807, 2.05) is 0 Å². The zero-order valence-corrected chi connectivity index (χ0v) is 17.1. The number of nitrogens with one attached hydrogen (secondary N) is 1. The number of sulfonamides is 1. The molecule has 4 rings (SSSR count). The first-order chi connectivity index (χ1) is 14.2. The third-order valence-electron chi connectivity index (χ3n) is 5.03. The van der Waals surface area contributed by atoms with Crippen molar-refractivity contribution in [2.45, 2.75) is 24.8 Å². The summed E-state index contributed by atoms with van der Waals surface area (Å²) in [5.41, 5.74) is 1.46. The van der Waals surface area contributed by atoms with E-state index in [9.17, 15) is 23.1 Å². The molecule has 2 N–H and O–H groups in total. The summed E-state index contributed by atoms with van der Waals surface area (Å²) in [4.78, 5) is 24.5. The van der Waals surface area contributed by atoms with Crippen LogP contribution in [0.1, 0.15) is 13.8 Å². The van der Waals surface area contributed by atoms with Gasteiger partial charge >= 0.3 is 12.1 Å². The van der Waals surface area contributed by atoms with Crippen LogP contribution < -0.4 is 9.62 Å². The van der Waals surface area contributed by atoms with Crippen molar-refractivity contribution in [1.82, 2.24) is 4.72 Å². The Morgan fingerprint density at radius 1 is 1.13 bits per heavy atom. The van der Waals surface area contributed by atoms with Crippen LogP contribution in [0.4, 0.5) is 10.5 Å². The molecule has 0 radical (unpaired) electrons. The number of fused-ring (bicyclic) bond motifs is 3. The second kappa shape index (κ2) is 7.29. The van der Waals surface area contributed by atoms with Gasteiger partial charge in [-0.05, 0) is 30.2 Å². The Labute approximate surface area is 172 Å². The molecule has 30 heavy (non-hydrogen) atoms. The number of ether oxygens (including phenoxy) is 1. The van der Waals surface area contributed by atoms with E-state index in [1.54, 1.807) is 38.1 Å². The maximum Gasteiger partial charge on any atom is 0.414 e. The number of carbonyl (C=O) groups excluding carboxylic acids is 1. The fraction of sp³-hybridized carbons (Fsp3) is 0.300. The standard InChI is InChI=1S/C20H20N2O7S/c1-11(2)18(19(23)24)21-30(26,27)13-4-6-15-14-5-3-12(22-7-8-28-20(22)25)9-16(14)29-17(15)10-13/h3-6,9-11,18,21H,7-8H2,1-2H3,(H,23,24)/t18-/m0/s1. The van der Waals surface area contributed by atoms with E-state index in [4.69, 9.17) is 9.15 Å². The molecule has 158 valence electrons. The van der Waals surface area contributed by atoms with Gasteiger partial charge in [0, 0.05) is 22.9 Å². The number of hydrogen-bond donors (Lipinski definition) is 2. The minimum Gasteiger partial charge on any atom is -0.480 e. The topological polar surface area (TPSA) is 126 Å². The molecule has 1 aromatic heterocycles. The summed E-state index contributed by atoms with van der Waals surface area (Å²) in [7, 11) is -4.07. The van der Waals surface area contributed by atoms with Crippen molar-refractivity contribution in [3.8, 4) is 0 Å². The monoisotopic (exact) mass is 432 g/mol. The van der Waals surface area contributed by atoms with Gasteiger partial charge in [0.25, 0.3) is 0 Å². The minimum atomic E-state index is -4.07. The Bertz CT molecular complexity index is 1260. The number of benzene rings is 2. The molecule has 9 nitrogen and oxygen atoms in total. The lowest BCUT2D eigenvalue weighted by Gasteiger charge is -2.17. The van der Waals surface area contributed by atoms with E-state index in [0.29, 0.717) is 35.4 Å². The molecule has 2 heterocycles. The van der Waals surface area contributed by atoms with Crippen LogP contribution in [0, 0.1) is 5.92 Å². The van der Waals surface area contributed by atoms with Crippen LogP contribution >= 0.6 is 0 Å². The van der Waals surface area contributed by atoms with E-state index < -0.39 is 34.0 Å². The van der Waals surface area contributed by atoms with Gasteiger partial charge < -0.3 is 14.3 Å². The number of hydrogen-bond acceptors (Lipinski definition) is 6. The van der Waals surface area contributed by atoms with Gasteiger partial charge in [-0.2, -0.15) is 4.72 Å². The number of carbonyl (C=O) groups is 2. The van der Waals surface area contributed by atoms with Crippen LogP contribution in [-0.4, -0.2) is 44.8 Å². The molecular formula is C20H20N2O7S. The maximum atomic E-state index is 12.7. The van der Waals surface area contributed by atoms with Gasteiger partial charge in [-0.25, -0.2) is 13.2 Å². The van der Waals surface area contributed by atoms with Gasteiger partial charge in [0.1, 0.15) is 23.8 Å². The molecule has 10 heteroatoms. The van der Waals surface area contributed by atoms with Crippen molar-refractivity contribution in [1.29, 1.82) is 0 Å². The Morgan fingerprint density at radius 2 is 1.80 bits per heavy atom. The summed E-state index contributed by atoms with van der Waals surface area (Å²) in [5, 5.41) is 10.7. The van der Waals surface area contributed by atoms with E-state index in [0.717, 1.165) is 5.39 Å². The lowest BCUT2D eigenvalue weighted by molar-refractivity contribution is -0.140. The molecule has 1 amide bonds. The maximum absolute atomic E-state index is 12.7. The predicted octanol–water partition coefficient (Wildman–Crippen LogP) is 2.93. The number of anilines is 1. The molecule has 0 spiro atoms. The van der Waals surface area contributed by atoms with Crippen LogP contribution in [0.2, 0.25) is 0 Å². The normalized spacial score (nSPS) is 15.8. The van der Waals surface area contributed by atoms with Crippen molar-refractivity contribution < 1.29 is 32.3 Å². The summed E-state index contributed by atoms with van der Waals surface area (Å²) < 4.78 is 38.4. The van der Waals surface area contributed by atoms with E-state index >= 15 is 0 Å². The average Bonchev–Trinajstić information content (AvgIpc) is 3.27. The summed E-state index contributed by atoms with van der Waals surface area (Å²) in [6.45, 7) is 4.01. The highest BCUT2D eigenvalue weighted by atomic mass is 32.2. The zero-order chi connectivity index (χ0) is 21.6. The van der Waals surface area contributed by atoms with Crippen molar-refractivity contribution in [2.24, 2.45) is 5.92 Å². The van der Waals surface area contributed by atoms with E-state index in [2.05, 4.69) is 4.72 Å². The second-order valence-electron chi connectivity index (χ2n) is 7.39. The molecule has 0 bridgehead atoms. The molecule has 1 atom stereocenters. The molecule has 1 saturated heterocycles. The highest BCUT2D eigenvalue weighted by Crippen LogP contribution is 2.33. The first kappa shape index (κ1) is 20.2. The van der Waals surface area contributed by atoms with Gasteiger partial charge in [-0.1, -0.05) is 13.8 Å². The number of cyclic esters (lactones) is 1. The molecule has 2 aromatic carbocycles. The Hall–Kier alpha value is -3.11. The Morgan fingerprint density at radius 3 is 2.40 bits per heavy atom. The van der Waals surface area contributed by atoms with E-state index in [1.165, 1.54) is 17.0 Å². The van der Waals surface area contributed by atoms with Crippen molar-refractivity contribution >= 4 is 49.7 Å². The van der Waals surface area contributed by atoms with Crippen molar-refractivity contribution in [3.05, 3.63) is 36.4 Å². The number of rotatable bonds is 6. The van der Waals surface area contributed by atoms with Crippen molar-refractivity contribution in [3.63, 3.8) is 0 Å². The number of aliphatic carboxylic acids is 1. The molecule has 1 aliphatic rings. The van der Waals surface area contributed by atoms with Crippen molar-refractivity contribution in [2.75, 3.05) is 18.1 Å². The zero-order valence-electron chi connectivity index (χ0n) is 16.3. The number of carboxylic acids is 1. The Kier molecular flexibility index (Phi) is 4.91. The number of nitrogens with zero attached hydrogens (tertiary/aromatic N) is 1. The quantitative estimate of drug-likeness (QED) is 0.613. The smallest absolute Gasteiger partial charge is 0.414 e. The number of furan rings is 1. The van der Waals surface area contributed by atoms with E-state index in [-0.39, 0.29) is 4.90 Å². The molecule has 0 saturated carbocycles. The van der Waals surface area contributed by atoms with Crippen LogP contribution in [0.5, 0.6) is 0 Å². The SMILES string of the molecule is CC(C)[C@H](NS(=O)(=O)c1ccc2c(c1)oc1cc(N3CCOC3=O)ccc12)C(=O)O. The largest absolute Gasteiger partial charge is 0.480 e. The molecule has 0 aliphatic carbocycles. The van der Waals surface area contributed by atoms with Gasteiger partial charge in [0.15, 0.2) is 0 Å². The average molecular weight is 432 g/mol. The van der Waals surface area contributed by atoms with Gasteiger partial charge in [0.05, 0.1) is 17.1 Å². The third kappa shape index (κ3) is 3.48. The van der Waals surface area contributed by atoms with Crippen LogP contribution in [0.3, 0.4) is 0 Å². The number of amides is 1. The summed E-state index contributed by atoms with van der Waals surface area (Å²) >= 11 is 0. The second-order valence-corrected chi connectivity index (χ2v) is 9.10. The molecule has 3 aromatic rings. The lowest BCUT2D eigenvalue weighted by Crippen LogP contribution is -2.44. The fourth-order valence-electron chi connectivity index (χ4n) is 3.42. The fourth-order valence-corrected chi connectivity index (χ4v) is 4.77. The molecule has 0 unspecified atom stereocenters. The van der Waals surface area contributed by atoms with Gasteiger partial charge in [-0.15, -0.1) is 0 Å². The Balaban J connectivity index is 1.72. The number of carboxylic acid groups (broad SMARTS) is 1. The third-order valence-corrected chi connectivity index (χ3v) is 6.46. The summed E-state index contributed by atoms with van der Waals surface area (Å²) in [5.74, 6) is -1.67. The summed E-state index contributed by atoms with van der Waals surface area (Å²) in [6.07, 6.45) is -0.428. The summed E-state index contributed by atoms with van der Waals surface area (Å²) in [6, 6.07) is 8.41. The minimum absolute atomic E-state index is 0.0932. The van der Waals surface area contributed by atoms with Gasteiger partial charge in [-0.3, -0.25) is 9.69 Å². The predicted molar refractivity (Wildman–Crippen MR) is 109 cm³/mol. The van der Waals surface area contributed by atoms with Gasteiger partial charge in [0.2, 0.25) is 10.0 Å². The highest BCUT2D eigenvalue weighted by Gasteiger charge is 2.29. The van der Waals surface area contributed by atoms with Crippen LogP contribution in [-0.2, 0) is 19.6 Å².